The summed E-state index contributed by atoms with van der Waals surface area (Å²) in [5.41, 5.74) is 1.79. The molecule has 0 aliphatic rings. The Bertz CT molecular complexity index is 832. The van der Waals surface area contributed by atoms with E-state index in [1.165, 1.54) is 4.68 Å². The molecular formula is C20H37N3O3Si2. The molecule has 0 aromatic carbocycles. The summed E-state index contributed by atoms with van der Waals surface area (Å²) < 4.78 is 15.0. The highest BCUT2D eigenvalue weighted by atomic mass is 28.3. The summed E-state index contributed by atoms with van der Waals surface area (Å²) in [6.45, 7) is 18.1. The summed E-state index contributed by atoms with van der Waals surface area (Å²) >= 11 is 0. The first-order valence-corrected chi connectivity index (χ1v) is 17.7. The predicted molar refractivity (Wildman–Crippen MR) is 122 cm³/mol. The monoisotopic (exact) mass is 423 g/mol. The van der Waals surface area contributed by atoms with Crippen LogP contribution in [0.5, 0.6) is 0 Å². The van der Waals surface area contributed by atoms with Crippen LogP contribution in [0.15, 0.2) is 17.2 Å². The van der Waals surface area contributed by atoms with Crippen LogP contribution in [0.1, 0.15) is 12.5 Å². The molecule has 2 heterocycles. The molecule has 6 nitrogen and oxygen atoms in total. The molecule has 28 heavy (non-hydrogen) atoms. The van der Waals surface area contributed by atoms with Crippen LogP contribution < -0.4 is 5.56 Å². The van der Waals surface area contributed by atoms with Crippen molar-refractivity contribution in [3.63, 3.8) is 0 Å². The average molecular weight is 424 g/mol. The molecule has 0 saturated heterocycles. The third-order valence-corrected chi connectivity index (χ3v) is 8.19. The smallest absolute Gasteiger partial charge is 0.278 e. The molecule has 0 aliphatic carbocycles. The number of hydrogen-bond donors (Lipinski definition) is 0. The summed E-state index contributed by atoms with van der Waals surface area (Å²) in [5.74, 6) is 0. The molecule has 0 fully saturated rings. The van der Waals surface area contributed by atoms with E-state index in [4.69, 9.17) is 9.47 Å². The van der Waals surface area contributed by atoms with E-state index in [2.05, 4.69) is 51.3 Å². The molecule has 0 N–H and O–H groups in total. The van der Waals surface area contributed by atoms with Crippen LogP contribution in [-0.2, 0) is 29.4 Å². The lowest BCUT2D eigenvalue weighted by molar-refractivity contribution is 0.0752. The molecule has 0 radical (unpaired) electrons. The number of nitrogens with zero attached hydrogens (tertiary/aromatic N) is 3. The lowest BCUT2D eigenvalue weighted by atomic mass is 10.2. The molecular weight excluding hydrogens is 386 g/mol. The van der Waals surface area contributed by atoms with E-state index < -0.39 is 16.1 Å². The molecule has 2 aromatic heterocycles. The lowest BCUT2D eigenvalue weighted by Crippen LogP contribution is -2.26. The standard InChI is InChI=1S/C20H37N3O3Si2/c1-8-17-14-22(15-25-9-11-27(2,3)4)18-13-21-23(20(24)19(17)18)16-26-10-12-28(5,6)7/h13-14H,8-12,15-16H2,1-7H3. The van der Waals surface area contributed by atoms with Gasteiger partial charge in [0.25, 0.3) is 5.56 Å². The predicted octanol–water partition coefficient (Wildman–Crippen LogP) is 4.39. The molecule has 8 heteroatoms. The number of rotatable bonds is 11. The third kappa shape index (κ3) is 6.68. The molecule has 0 atom stereocenters. The van der Waals surface area contributed by atoms with E-state index in [9.17, 15) is 4.79 Å². The minimum absolute atomic E-state index is 0.0804. The van der Waals surface area contributed by atoms with Crippen molar-refractivity contribution in [1.82, 2.24) is 14.3 Å². The molecule has 2 aromatic rings. The molecule has 0 bridgehead atoms. The van der Waals surface area contributed by atoms with E-state index in [0.29, 0.717) is 13.3 Å². The zero-order chi connectivity index (χ0) is 20.9. The van der Waals surface area contributed by atoms with E-state index in [0.717, 1.165) is 41.6 Å². The first-order chi connectivity index (χ1) is 13.0. The van der Waals surface area contributed by atoms with Gasteiger partial charge in [-0.05, 0) is 24.1 Å². The second-order valence-corrected chi connectivity index (χ2v) is 21.1. The van der Waals surface area contributed by atoms with Crippen molar-refractivity contribution >= 4 is 27.1 Å². The van der Waals surface area contributed by atoms with Crippen LogP contribution in [0.3, 0.4) is 0 Å². The molecule has 0 unspecified atom stereocenters. The Balaban J connectivity index is 2.11. The van der Waals surface area contributed by atoms with E-state index in [-0.39, 0.29) is 12.3 Å². The fraction of sp³-hybridized carbons (Fsp3) is 0.700. The number of aryl methyl sites for hydroxylation is 1. The molecule has 2 rings (SSSR count). The maximum atomic E-state index is 13.0. The Morgan fingerprint density at radius 2 is 1.54 bits per heavy atom. The van der Waals surface area contributed by atoms with Crippen LogP contribution in [0.2, 0.25) is 51.4 Å². The molecule has 0 saturated carbocycles. The van der Waals surface area contributed by atoms with E-state index in [1.54, 1.807) is 6.20 Å². The number of fused-ring (bicyclic) bond motifs is 1. The number of aromatic nitrogens is 3. The Labute approximate surface area is 170 Å². The minimum Gasteiger partial charge on any atom is -0.361 e. The van der Waals surface area contributed by atoms with Gasteiger partial charge in [0, 0.05) is 35.6 Å². The lowest BCUT2D eigenvalue weighted by Gasteiger charge is -2.16. The maximum Gasteiger partial charge on any atom is 0.278 e. The normalized spacial score (nSPS) is 12.8. The quantitative estimate of drug-likeness (QED) is 0.397. The van der Waals surface area contributed by atoms with Crippen molar-refractivity contribution < 1.29 is 9.47 Å². The summed E-state index contributed by atoms with van der Waals surface area (Å²) in [6, 6.07) is 2.21. The Morgan fingerprint density at radius 3 is 2.07 bits per heavy atom. The fourth-order valence-electron chi connectivity index (χ4n) is 2.86. The van der Waals surface area contributed by atoms with Crippen LogP contribution in [-0.4, -0.2) is 43.7 Å². The zero-order valence-electron chi connectivity index (χ0n) is 18.7. The molecule has 0 aliphatic heterocycles. The molecule has 0 spiro atoms. The second kappa shape index (κ2) is 9.51. The van der Waals surface area contributed by atoms with Gasteiger partial charge in [-0.1, -0.05) is 46.2 Å². The highest BCUT2D eigenvalue weighted by Gasteiger charge is 2.16. The Hall–Kier alpha value is -1.23. The first-order valence-electron chi connectivity index (χ1n) is 10.3. The summed E-state index contributed by atoms with van der Waals surface area (Å²) in [5, 5.41) is 5.07. The van der Waals surface area contributed by atoms with Crippen LogP contribution in [0.25, 0.3) is 10.9 Å². The topological polar surface area (TPSA) is 58.3 Å². The second-order valence-electron chi connectivity index (χ2n) is 9.88. The first kappa shape index (κ1) is 23.1. The zero-order valence-corrected chi connectivity index (χ0v) is 20.7. The van der Waals surface area contributed by atoms with Gasteiger partial charge in [-0.2, -0.15) is 5.10 Å². The van der Waals surface area contributed by atoms with Crippen LogP contribution in [0.4, 0.5) is 0 Å². The number of ether oxygens (including phenoxy) is 2. The van der Waals surface area contributed by atoms with E-state index in [1.807, 2.05) is 10.8 Å². The fourth-order valence-corrected chi connectivity index (χ4v) is 4.37. The number of hydrogen-bond acceptors (Lipinski definition) is 4. The summed E-state index contributed by atoms with van der Waals surface area (Å²) in [4.78, 5) is 13.0. The van der Waals surface area contributed by atoms with Gasteiger partial charge < -0.3 is 14.0 Å². The van der Waals surface area contributed by atoms with Crippen molar-refractivity contribution in [2.24, 2.45) is 0 Å². The van der Waals surface area contributed by atoms with Crippen molar-refractivity contribution in [2.45, 2.75) is 78.2 Å². The van der Waals surface area contributed by atoms with Gasteiger partial charge in [-0.25, -0.2) is 4.68 Å². The summed E-state index contributed by atoms with van der Waals surface area (Å²) in [6.07, 6.45) is 4.59. The highest BCUT2D eigenvalue weighted by molar-refractivity contribution is 6.76. The van der Waals surface area contributed by atoms with Crippen LogP contribution >= 0.6 is 0 Å². The Kier molecular flexibility index (Phi) is 7.83. The van der Waals surface area contributed by atoms with E-state index >= 15 is 0 Å². The molecule has 158 valence electrons. The van der Waals surface area contributed by atoms with Crippen molar-refractivity contribution in [3.05, 3.63) is 28.3 Å². The maximum absolute atomic E-state index is 13.0. The van der Waals surface area contributed by atoms with Gasteiger partial charge in [0.05, 0.1) is 17.1 Å². The van der Waals surface area contributed by atoms with Gasteiger partial charge in [-0.15, -0.1) is 0 Å². The highest BCUT2D eigenvalue weighted by Crippen LogP contribution is 2.18. The SMILES string of the molecule is CCc1cn(COCC[Si](C)(C)C)c2cnn(COCC[Si](C)(C)C)c(=O)c12. The van der Waals surface area contributed by atoms with Crippen molar-refractivity contribution in [2.75, 3.05) is 13.2 Å². The Morgan fingerprint density at radius 1 is 0.964 bits per heavy atom. The minimum atomic E-state index is -1.14. The van der Waals surface area contributed by atoms with Gasteiger partial charge in [0.1, 0.15) is 13.5 Å². The van der Waals surface area contributed by atoms with Crippen molar-refractivity contribution in [3.8, 4) is 0 Å². The largest absolute Gasteiger partial charge is 0.361 e. The average Bonchev–Trinajstić information content (AvgIpc) is 2.94. The third-order valence-electron chi connectivity index (χ3n) is 4.78. The molecule has 0 amide bonds. The van der Waals surface area contributed by atoms with Crippen LogP contribution in [0, 0.1) is 0 Å². The summed E-state index contributed by atoms with van der Waals surface area (Å²) in [7, 11) is -2.25. The van der Waals surface area contributed by atoms with Crippen molar-refractivity contribution in [1.29, 1.82) is 0 Å². The van der Waals surface area contributed by atoms with Gasteiger partial charge >= 0.3 is 0 Å². The van der Waals surface area contributed by atoms with Gasteiger partial charge in [0.2, 0.25) is 0 Å². The van der Waals surface area contributed by atoms with Gasteiger partial charge in [-0.3, -0.25) is 4.79 Å². The van der Waals surface area contributed by atoms with Gasteiger partial charge in [0.15, 0.2) is 0 Å².